The van der Waals surface area contributed by atoms with Crippen LogP contribution in [0.2, 0.25) is 5.02 Å². The highest BCUT2D eigenvalue weighted by atomic mass is 35.5. The van der Waals surface area contributed by atoms with E-state index in [9.17, 15) is 9.59 Å². The van der Waals surface area contributed by atoms with Gasteiger partial charge in [0.1, 0.15) is 0 Å². The summed E-state index contributed by atoms with van der Waals surface area (Å²) in [5.74, 6) is 0.0158. The summed E-state index contributed by atoms with van der Waals surface area (Å²) in [7, 11) is 1.82. The predicted octanol–water partition coefficient (Wildman–Crippen LogP) is 5.02. The molecule has 0 bridgehead atoms. The van der Waals surface area contributed by atoms with Crippen LogP contribution in [0, 0.1) is 6.92 Å². The fourth-order valence-corrected chi connectivity index (χ4v) is 5.40. The van der Waals surface area contributed by atoms with E-state index in [2.05, 4.69) is 18.0 Å². The molecule has 2 amide bonds. The van der Waals surface area contributed by atoms with Crippen LogP contribution in [0.25, 0.3) is 0 Å². The fourth-order valence-electron chi connectivity index (χ4n) is 5.22. The summed E-state index contributed by atoms with van der Waals surface area (Å²) in [4.78, 5) is 28.8. The van der Waals surface area contributed by atoms with Crippen molar-refractivity contribution in [3.63, 3.8) is 0 Å². The van der Waals surface area contributed by atoms with Crippen LogP contribution in [-0.4, -0.2) is 36.9 Å². The lowest BCUT2D eigenvalue weighted by Gasteiger charge is -2.45. The van der Waals surface area contributed by atoms with Gasteiger partial charge in [0.25, 0.3) is 0 Å². The Morgan fingerprint density at radius 3 is 2.69 bits per heavy atom. The highest BCUT2D eigenvalue weighted by Gasteiger charge is 2.43. The second kappa shape index (κ2) is 7.96. The zero-order valence-corrected chi connectivity index (χ0v) is 19.9. The van der Waals surface area contributed by atoms with Crippen LogP contribution in [0.1, 0.15) is 43.4 Å². The SMILES string of the molecule is C=CC(=O)N1CCCC(Nc2ccc3c(c2)N(C)C(=O)C3(C)C)(c2cccc(Cl)c2C)C1. The summed E-state index contributed by atoms with van der Waals surface area (Å²) in [6, 6.07) is 12.0. The van der Waals surface area contributed by atoms with Crippen molar-refractivity contribution >= 4 is 34.8 Å². The van der Waals surface area contributed by atoms with Crippen molar-refractivity contribution in [2.75, 3.05) is 30.4 Å². The van der Waals surface area contributed by atoms with Gasteiger partial charge < -0.3 is 15.1 Å². The zero-order valence-electron chi connectivity index (χ0n) is 19.2. The van der Waals surface area contributed by atoms with E-state index in [0.717, 1.165) is 40.9 Å². The second-order valence-electron chi connectivity index (χ2n) is 9.41. The number of hydrogen-bond donors (Lipinski definition) is 1. The van der Waals surface area contributed by atoms with E-state index < -0.39 is 11.0 Å². The lowest BCUT2D eigenvalue weighted by atomic mass is 9.79. The molecule has 5 nitrogen and oxygen atoms in total. The molecular formula is C26H30ClN3O2. The monoisotopic (exact) mass is 451 g/mol. The maximum absolute atomic E-state index is 12.7. The molecule has 1 N–H and O–H groups in total. The normalized spacial score (nSPS) is 22.0. The van der Waals surface area contributed by atoms with Gasteiger partial charge in [0, 0.05) is 36.5 Å². The van der Waals surface area contributed by atoms with Gasteiger partial charge in [-0.3, -0.25) is 9.59 Å². The molecule has 0 spiro atoms. The molecule has 2 heterocycles. The summed E-state index contributed by atoms with van der Waals surface area (Å²) in [5, 5.41) is 4.46. The molecule has 2 aliphatic heterocycles. The van der Waals surface area contributed by atoms with Gasteiger partial charge in [-0.1, -0.05) is 36.4 Å². The first-order valence-corrected chi connectivity index (χ1v) is 11.4. The molecule has 0 aliphatic carbocycles. The minimum Gasteiger partial charge on any atom is -0.374 e. The maximum atomic E-state index is 12.7. The second-order valence-corrected chi connectivity index (χ2v) is 9.82. The van der Waals surface area contributed by atoms with E-state index in [4.69, 9.17) is 11.6 Å². The topological polar surface area (TPSA) is 52.7 Å². The van der Waals surface area contributed by atoms with Gasteiger partial charge in [-0.05, 0) is 74.6 Å². The van der Waals surface area contributed by atoms with Gasteiger partial charge in [-0.25, -0.2) is 0 Å². The Hall–Kier alpha value is -2.79. The minimum absolute atomic E-state index is 0.0726. The first-order valence-electron chi connectivity index (χ1n) is 11.0. The van der Waals surface area contributed by atoms with Gasteiger partial charge in [0.2, 0.25) is 11.8 Å². The van der Waals surface area contributed by atoms with Crippen molar-refractivity contribution in [1.82, 2.24) is 4.90 Å². The molecule has 0 aromatic heterocycles. The van der Waals surface area contributed by atoms with E-state index in [1.165, 1.54) is 6.08 Å². The lowest BCUT2D eigenvalue weighted by Crippen LogP contribution is -2.52. The number of hydrogen-bond acceptors (Lipinski definition) is 3. The van der Waals surface area contributed by atoms with Crippen LogP contribution >= 0.6 is 11.6 Å². The summed E-state index contributed by atoms with van der Waals surface area (Å²) < 4.78 is 0. The Labute approximate surface area is 195 Å². The third kappa shape index (κ3) is 3.49. The molecule has 0 saturated carbocycles. The van der Waals surface area contributed by atoms with Gasteiger partial charge in [0.05, 0.1) is 11.0 Å². The van der Waals surface area contributed by atoms with E-state index in [1.54, 1.807) is 4.90 Å². The summed E-state index contributed by atoms with van der Waals surface area (Å²) in [5.41, 5.74) is 3.89. The molecule has 1 fully saturated rings. The molecule has 2 aliphatic rings. The van der Waals surface area contributed by atoms with Crippen molar-refractivity contribution in [1.29, 1.82) is 0 Å². The van der Waals surface area contributed by atoms with Crippen molar-refractivity contribution in [3.05, 3.63) is 70.8 Å². The number of rotatable bonds is 4. The average molecular weight is 452 g/mol. The van der Waals surface area contributed by atoms with Gasteiger partial charge >= 0.3 is 0 Å². The summed E-state index contributed by atoms with van der Waals surface area (Å²) in [6.45, 7) is 10.8. The highest BCUT2D eigenvalue weighted by Crippen LogP contribution is 2.44. The minimum atomic E-state index is -0.540. The predicted molar refractivity (Wildman–Crippen MR) is 130 cm³/mol. The molecule has 1 unspecified atom stereocenters. The number of piperidine rings is 1. The molecular weight excluding hydrogens is 422 g/mol. The standard InChI is InChI=1S/C26H30ClN3O2/c1-6-23(31)30-14-8-13-26(16-30,19-9-7-10-21(27)17(19)2)28-18-11-12-20-22(15-18)29(5)24(32)25(20,3)4/h6-7,9-12,15,28H,1,8,13-14,16H2,2-5H3. The number of likely N-dealkylation sites (N-methyl/N-ethyl adjacent to an activating group) is 1. The van der Waals surface area contributed by atoms with Gasteiger partial charge in [0.15, 0.2) is 0 Å². The Bertz CT molecular complexity index is 1110. The van der Waals surface area contributed by atoms with Crippen LogP contribution in [0.3, 0.4) is 0 Å². The van der Waals surface area contributed by atoms with Crippen molar-refractivity contribution < 1.29 is 9.59 Å². The van der Waals surface area contributed by atoms with Crippen molar-refractivity contribution in [2.45, 2.75) is 44.6 Å². The van der Waals surface area contributed by atoms with Crippen molar-refractivity contribution in [2.24, 2.45) is 0 Å². The Morgan fingerprint density at radius 1 is 1.22 bits per heavy atom. The third-order valence-electron chi connectivity index (χ3n) is 7.02. The van der Waals surface area contributed by atoms with Crippen LogP contribution in [0.5, 0.6) is 0 Å². The van der Waals surface area contributed by atoms with Crippen LogP contribution in [-0.2, 0) is 20.5 Å². The number of amides is 2. The molecule has 0 radical (unpaired) electrons. The number of likely N-dealkylation sites (tertiary alicyclic amines) is 1. The molecule has 1 saturated heterocycles. The van der Waals surface area contributed by atoms with E-state index in [0.29, 0.717) is 18.1 Å². The van der Waals surface area contributed by atoms with Crippen LogP contribution in [0.4, 0.5) is 11.4 Å². The number of halogens is 1. The van der Waals surface area contributed by atoms with E-state index >= 15 is 0 Å². The number of fused-ring (bicyclic) bond motifs is 1. The van der Waals surface area contributed by atoms with Gasteiger partial charge in [-0.15, -0.1) is 0 Å². The molecule has 6 heteroatoms. The highest BCUT2D eigenvalue weighted by molar-refractivity contribution is 6.31. The molecule has 2 aromatic rings. The molecule has 168 valence electrons. The smallest absolute Gasteiger partial charge is 0.246 e. The van der Waals surface area contributed by atoms with Crippen molar-refractivity contribution in [3.8, 4) is 0 Å². The first kappa shape index (κ1) is 22.4. The van der Waals surface area contributed by atoms with E-state index in [1.807, 2.05) is 63.1 Å². The van der Waals surface area contributed by atoms with Gasteiger partial charge in [-0.2, -0.15) is 0 Å². The van der Waals surface area contributed by atoms with Crippen LogP contribution in [0.15, 0.2) is 49.1 Å². The third-order valence-corrected chi connectivity index (χ3v) is 7.43. The Balaban J connectivity index is 1.79. The molecule has 32 heavy (non-hydrogen) atoms. The van der Waals surface area contributed by atoms with E-state index in [-0.39, 0.29) is 11.8 Å². The van der Waals surface area contributed by atoms with Crippen LogP contribution < -0.4 is 10.2 Å². The largest absolute Gasteiger partial charge is 0.374 e. The first-order chi connectivity index (χ1) is 15.1. The zero-order chi connectivity index (χ0) is 23.3. The number of nitrogens with one attached hydrogen (secondary N) is 1. The Morgan fingerprint density at radius 2 is 1.97 bits per heavy atom. The number of nitrogens with zero attached hydrogens (tertiary/aromatic N) is 2. The summed E-state index contributed by atoms with van der Waals surface area (Å²) >= 11 is 6.50. The number of benzene rings is 2. The number of anilines is 2. The lowest BCUT2D eigenvalue weighted by molar-refractivity contribution is -0.128. The number of carbonyl (C=O) groups is 2. The molecule has 2 aromatic carbocycles. The molecule has 4 rings (SSSR count). The Kier molecular flexibility index (Phi) is 5.58. The fraction of sp³-hybridized carbons (Fsp3) is 0.385. The number of carbonyl (C=O) groups excluding carboxylic acids is 2. The molecule has 1 atom stereocenters. The average Bonchev–Trinajstić information content (AvgIpc) is 2.95. The maximum Gasteiger partial charge on any atom is 0.246 e. The quantitative estimate of drug-likeness (QED) is 0.664. The summed E-state index contributed by atoms with van der Waals surface area (Å²) in [6.07, 6.45) is 3.08.